The van der Waals surface area contributed by atoms with Gasteiger partial charge < -0.3 is 9.73 Å². The summed E-state index contributed by atoms with van der Waals surface area (Å²) >= 11 is 5.93. The van der Waals surface area contributed by atoms with Crippen LogP contribution in [0, 0.1) is 0 Å². The average Bonchev–Trinajstić information content (AvgIpc) is 3.04. The molecule has 1 fully saturated rings. The monoisotopic (exact) mass is 369 g/mol. The van der Waals surface area contributed by atoms with Crippen molar-refractivity contribution in [3.8, 4) is 11.5 Å². The predicted molar refractivity (Wildman–Crippen MR) is 101 cm³/mol. The van der Waals surface area contributed by atoms with Crippen LogP contribution in [0.4, 0.5) is 0 Å². The molecule has 4 nitrogen and oxygen atoms in total. The lowest BCUT2D eigenvalue weighted by Gasteiger charge is -2.33. The van der Waals surface area contributed by atoms with Crippen molar-refractivity contribution >= 4 is 24.0 Å². The second-order valence-corrected chi connectivity index (χ2v) is 6.54. The zero-order valence-corrected chi connectivity index (χ0v) is 15.6. The van der Waals surface area contributed by atoms with E-state index in [1.165, 1.54) is 12.8 Å². The fourth-order valence-corrected chi connectivity index (χ4v) is 3.29. The molecule has 1 N–H and O–H groups in total. The van der Waals surface area contributed by atoms with E-state index in [2.05, 4.69) is 22.1 Å². The van der Waals surface area contributed by atoms with Crippen LogP contribution in [0.5, 0.6) is 0 Å². The molecule has 1 aliphatic heterocycles. The van der Waals surface area contributed by atoms with Crippen LogP contribution in [0.3, 0.4) is 0 Å². The zero-order valence-electron chi connectivity index (χ0n) is 14.0. The summed E-state index contributed by atoms with van der Waals surface area (Å²) < 4.78 is 5.66. The summed E-state index contributed by atoms with van der Waals surface area (Å²) in [7, 11) is 0. The Morgan fingerprint density at radius 2 is 1.96 bits per heavy atom. The molecule has 132 valence electrons. The minimum Gasteiger partial charge on any atom is -0.444 e. The summed E-state index contributed by atoms with van der Waals surface area (Å²) in [4.78, 5) is 7.21. The summed E-state index contributed by atoms with van der Waals surface area (Å²) in [5, 5.41) is 4.16. The topological polar surface area (TPSA) is 41.3 Å². The van der Waals surface area contributed by atoms with Crippen LogP contribution in [0.2, 0.25) is 5.02 Å². The summed E-state index contributed by atoms with van der Waals surface area (Å²) in [6, 6.07) is 8.24. The van der Waals surface area contributed by atoms with E-state index in [9.17, 15) is 0 Å². The van der Waals surface area contributed by atoms with Gasteiger partial charge in [-0.15, -0.1) is 12.4 Å². The second kappa shape index (κ2) is 9.42. The van der Waals surface area contributed by atoms with E-state index in [4.69, 9.17) is 16.0 Å². The number of rotatable bonds is 6. The number of aromatic nitrogens is 1. The number of benzene rings is 1. The van der Waals surface area contributed by atoms with Gasteiger partial charge in [-0.2, -0.15) is 0 Å². The first-order valence-electron chi connectivity index (χ1n) is 8.41. The van der Waals surface area contributed by atoms with Crippen molar-refractivity contribution in [1.29, 1.82) is 0 Å². The van der Waals surface area contributed by atoms with Crippen LogP contribution in [0.1, 0.15) is 31.9 Å². The number of hydrogen-bond acceptors (Lipinski definition) is 4. The van der Waals surface area contributed by atoms with Gasteiger partial charge in [0.15, 0.2) is 0 Å². The van der Waals surface area contributed by atoms with E-state index in [0.717, 1.165) is 48.9 Å². The van der Waals surface area contributed by atoms with Crippen LogP contribution in [0.25, 0.3) is 11.5 Å². The highest BCUT2D eigenvalue weighted by molar-refractivity contribution is 6.30. The lowest BCUT2D eigenvalue weighted by atomic mass is 10.0. The minimum absolute atomic E-state index is 0. The van der Waals surface area contributed by atoms with Gasteiger partial charge in [0, 0.05) is 23.2 Å². The molecule has 0 saturated carbocycles. The normalized spacial score (nSPS) is 15.5. The van der Waals surface area contributed by atoms with Crippen molar-refractivity contribution in [3.63, 3.8) is 0 Å². The molecular weight excluding hydrogens is 345 g/mol. The Hall–Kier alpha value is -1.07. The molecule has 1 aliphatic rings. The Morgan fingerprint density at radius 1 is 1.25 bits per heavy atom. The summed E-state index contributed by atoms with van der Waals surface area (Å²) in [5.41, 5.74) is 1.96. The maximum atomic E-state index is 5.93. The zero-order chi connectivity index (χ0) is 16.1. The first kappa shape index (κ1) is 19.3. The first-order valence-corrected chi connectivity index (χ1v) is 8.79. The SMILES string of the molecule is CCCN(Cc1coc(-c2ccc(Cl)cc2)n1)C1CCNCC1.Cl. The number of nitrogens with one attached hydrogen (secondary N) is 1. The number of oxazole rings is 1. The molecule has 0 aliphatic carbocycles. The predicted octanol–water partition coefficient (Wildman–Crippen LogP) is 4.38. The quantitative estimate of drug-likeness (QED) is 0.819. The maximum Gasteiger partial charge on any atom is 0.226 e. The lowest BCUT2D eigenvalue weighted by molar-refractivity contribution is 0.152. The van der Waals surface area contributed by atoms with Crippen LogP contribution in [-0.4, -0.2) is 35.6 Å². The molecule has 0 spiro atoms. The molecule has 0 unspecified atom stereocenters. The van der Waals surface area contributed by atoms with E-state index in [0.29, 0.717) is 11.9 Å². The summed E-state index contributed by atoms with van der Waals surface area (Å²) in [5.74, 6) is 0.665. The number of halogens is 2. The molecule has 2 aromatic rings. The molecule has 3 rings (SSSR count). The van der Waals surface area contributed by atoms with E-state index >= 15 is 0 Å². The maximum absolute atomic E-state index is 5.93. The Kier molecular flexibility index (Phi) is 7.56. The van der Waals surface area contributed by atoms with Crippen LogP contribution >= 0.6 is 24.0 Å². The molecule has 1 saturated heterocycles. The summed E-state index contributed by atoms with van der Waals surface area (Å²) in [6.07, 6.45) is 5.36. The molecule has 0 atom stereocenters. The molecule has 0 amide bonds. The Labute approximate surface area is 155 Å². The van der Waals surface area contributed by atoms with Crippen molar-refractivity contribution in [2.24, 2.45) is 0 Å². The number of hydrogen-bond donors (Lipinski definition) is 1. The third kappa shape index (κ3) is 4.96. The van der Waals surface area contributed by atoms with Crippen molar-refractivity contribution in [3.05, 3.63) is 41.2 Å². The van der Waals surface area contributed by atoms with Crippen LogP contribution in [0.15, 0.2) is 34.9 Å². The number of nitrogens with zero attached hydrogens (tertiary/aromatic N) is 2. The lowest BCUT2D eigenvalue weighted by Crippen LogP contribution is -2.43. The number of piperidine rings is 1. The van der Waals surface area contributed by atoms with E-state index in [1.807, 2.05) is 24.3 Å². The third-order valence-electron chi connectivity index (χ3n) is 4.34. The fourth-order valence-electron chi connectivity index (χ4n) is 3.16. The average molecular weight is 370 g/mol. The highest BCUT2D eigenvalue weighted by Gasteiger charge is 2.21. The van der Waals surface area contributed by atoms with Gasteiger partial charge in [-0.1, -0.05) is 18.5 Å². The standard InChI is InChI=1S/C18H24ClN3O.ClH/c1-2-11-22(17-7-9-20-10-8-17)12-16-13-23-18(21-16)14-3-5-15(19)6-4-14;/h3-6,13,17,20H,2,7-12H2,1H3;1H. The molecule has 2 heterocycles. The van der Waals surface area contributed by atoms with Crippen molar-refractivity contribution < 1.29 is 4.42 Å². The van der Waals surface area contributed by atoms with Gasteiger partial charge in [-0.3, -0.25) is 4.90 Å². The molecular formula is C18H25Cl2N3O. The molecule has 1 aromatic heterocycles. The van der Waals surface area contributed by atoms with E-state index in [1.54, 1.807) is 6.26 Å². The Morgan fingerprint density at radius 3 is 2.62 bits per heavy atom. The van der Waals surface area contributed by atoms with Crippen molar-refractivity contribution in [2.75, 3.05) is 19.6 Å². The smallest absolute Gasteiger partial charge is 0.226 e. The van der Waals surface area contributed by atoms with Crippen molar-refractivity contribution in [2.45, 2.75) is 38.8 Å². The largest absolute Gasteiger partial charge is 0.444 e. The van der Waals surface area contributed by atoms with E-state index < -0.39 is 0 Å². The Balaban J connectivity index is 0.00000208. The van der Waals surface area contributed by atoms with Gasteiger partial charge in [0.25, 0.3) is 0 Å². The molecule has 6 heteroatoms. The highest BCUT2D eigenvalue weighted by Crippen LogP contribution is 2.22. The fraction of sp³-hybridized carbons (Fsp3) is 0.500. The Bertz CT molecular complexity index is 609. The van der Waals surface area contributed by atoms with Gasteiger partial charge in [0.2, 0.25) is 5.89 Å². The molecule has 1 aromatic carbocycles. The van der Waals surface area contributed by atoms with Gasteiger partial charge in [0.1, 0.15) is 6.26 Å². The second-order valence-electron chi connectivity index (χ2n) is 6.10. The minimum atomic E-state index is 0. The highest BCUT2D eigenvalue weighted by atomic mass is 35.5. The van der Waals surface area contributed by atoms with Crippen LogP contribution < -0.4 is 5.32 Å². The molecule has 0 radical (unpaired) electrons. The molecule has 0 bridgehead atoms. The first-order chi connectivity index (χ1) is 11.3. The van der Waals surface area contributed by atoms with Gasteiger partial charge in [0.05, 0.1) is 5.69 Å². The van der Waals surface area contributed by atoms with Gasteiger partial charge in [-0.25, -0.2) is 4.98 Å². The van der Waals surface area contributed by atoms with Gasteiger partial charge >= 0.3 is 0 Å². The third-order valence-corrected chi connectivity index (χ3v) is 4.60. The van der Waals surface area contributed by atoms with Gasteiger partial charge in [-0.05, 0) is 63.2 Å². The molecule has 24 heavy (non-hydrogen) atoms. The van der Waals surface area contributed by atoms with Crippen LogP contribution in [-0.2, 0) is 6.54 Å². The summed E-state index contributed by atoms with van der Waals surface area (Å²) in [6.45, 7) is 6.42. The van der Waals surface area contributed by atoms with Crippen molar-refractivity contribution in [1.82, 2.24) is 15.2 Å². The van der Waals surface area contributed by atoms with E-state index in [-0.39, 0.29) is 12.4 Å².